The van der Waals surface area contributed by atoms with Crippen molar-refractivity contribution in [2.24, 2.45) is 5.92 Å². The van der Waals surface area contributed by atoms with E-state index in [-0.39, 0.29) is 34.4 Å². The van der Waals surface area contributed by atoms with Gasteiger partial charge in [-0.25, -0.2) is 12.8 Å². The van der Waals surface area contributed by atoms with Gasteiger partial charge in [-0.1, -0.05) is 30.3 Å². The van der Waals surface area contributed by atoms with Crippen LogP contribution in [-0.2, 0) is 21.1 Å². The molecule has 2 heterocycles. The van der Waals surface area contributed by atoms with Gasteiger partial charge in [0.25, 0.3) is 5.22 Å². The first-order chi connectivity index (χ1) is 14.9. The Hall–Kier alpha value is -2.72. The van der Waals surface area contributed by atoms with Crippen LogP contribution in [0.3, 0.4) is 0 Å². The summed E-state index contributed by atoms with van der Waals surface area (Å²) in [5, 5.41) is 10.4. The van der Waals surface area contributed by atoms with Crippen LogP contribution in [0.4, 0.5) is 10.1 Å². The van der Waals surface area contributed by atoms with Gasteiger partial charge in [0.2, 0.25) is 11.8 Å². The molecule has 0 bridgehead atoms. The molecule has 2 unspecified atom stereocenters. The van der Waals surface area contributed by atoms with Crippen molar-refractivity contribution in [3.05, 3.63) is 71.9 Å². The third-order valence-electron chi connectivity index (χ3n) is 4.91. The van der Waals surface area contributed by atoms with Crippen LogP contribution in [0.25, 0.3) is 0 Å². The number of carbonyl (C=O) groups is 1. The molecule has 0 spiro atoms. The summed E-state index contributed by atoms with van der Waals surface area (Å²) in [5.41, 5.74) is 1.22. The van der Waals surface area contributed by atoms with Crippen molar-refractivity contribution in [3.63, 3.8) is 0 Å². The maximum atomic E-state index is 13.1. The Bertz CT molecular complexity index is 1150. The number of hydrogen-bond donors (Lipinski definition) is 1. The number of carbonyl (C=O) groups excluding carboxylic acids is 1. The van der Waals surface area contributed by atoms with Gasteiger partial charge in [0.15, 0.2) is 9.84 Å². The van der Waals surface area contributed by atoms with Crippen LogP contribution in [-0.4, -0.2) is 36.0 Å². The molecular formula is C21H20FN3O4S2. The second kappa shape index (κ2) is 9.19. The van der Waals surface area contributed by atoms with Crippen molar-refractivity contribution in [3.8, 4) is 0 Å². The van der Waals surface area contributed by atoms with E-state index >= 15 is 0 Å². The number of aromatic nitrogens is 2. The summed E-state index contributed by atoms with van der Waals surface area (Å²) in [6.45, 7) is 0. The lowest BCUT2D eigenvalue weighted by molar-refractivity contribution is -0.115. The highest BCUT2D eigenvalue weighted by atomic mass is 32.2. The fraction of sp³-hybridized carbons (Fsp3) is 0.286. The summed E-state index contributed by atoms with van der Waals surface area (Å²) in [6, 6.07) is 14.7. The topological polar surface area (TPSA) is 102 Å². The number of halogens is 1. The number of hydrogen-bond acceptors (Lipinski definition) is 7. The highest BCUT2D eigenvalue weighted by molar-refractivity contribution is 8.00. The van der Waals surface area contributed by atoms with Gasteiger partial charge in [-0.05, 0) is 53.9 Å². The summed E-state index contributed by atoms with van der Waals surface area (Å²) >= 11 is 1.11. The molecule has 1 aliphatic heterocycles. The number of nitrogens with one attached hydrogen (secondary N) is 1. The Morgan fingerprint density at radius 2 is 1.90 bits per heavy atom. The van der Waals surface area contributed by atoms with Crippen molar-refractivity contribution in [1.29, 1.82) is 0 Å². The molecule has 10 heteroatoms. The first-order valence-corrected chi connectivity index (χ1v) is 12.4. The SMILES string of the molecule is O=C(Nc1ccc(F)cc1)C(Sc1nnc(CC2CCS(=O)(=O)C2)o1)c1ccccc1. The molecule has 162 valence electrons. The van der Waals surface area contributed by atoms with E-state index in [0.29, 0.717) is 24.4 Å². The molecule has 3 aromatic rings. The van der Waals surface area contributed by atoms with E-state index in [9.17, 15) is 17.6 Å². The zero-order valence-electron chi connectivity index (χ0n) is 16.4. The number of nitrogens with zero attached hydrogens (tertiary/aromatic N) is 2. The molecule has 2 aromatic carbocycles. The van der Waals surface area contributed by atoms with E-state index in [4.69, 9.17) is 4.42 Å². The standard InChI is InChI=1S/C21H20FN3O4S2/c22-16-6-8-17(9-7-16)23-20(26)19(15-4-2-1-3-5-15)30-21-25-24-18(29-21)12-14-10-11-31(27,28)13-14/h1-9,14,19H,10-13H2,(H,23,26). The van der Waals surface area contributed by atoms with Gasteiger partial charge in [-0.15, -0.1) is 10.2 Å². The summed E-state index contributed by atoms with van der Waals surface area (Å²) in [6.07, 6.45) is 0.977. The molecular weight excluding hydrogens is 441 g/mol. The van der Waals surface area contributed by atoms with Crippen molar-refractivity contribution in [2.75, 3.05) is 16.8 Å². The average Bonchev–Trinajstić information content (AvgIpc) is 3.34. The highest BCUT2D eigenvalue weighted by Gasteiger charge is 2.30. The monoisotopic (exact) mass is 461 g/mol. The van der Waals surface area contributed by atoms with E-state index in [1.807, 2.05) is 30.3 Å². The van der Waals surface area contributed by atoms with Crippen LogP contribution in [0.2, 0.25) is 0 Å². The molecule has 4 rings (SSSR count). The van der Waals surface area contributed by atoms with Crippen molar-refractivity contribution in [2.45, 2.75) is 23.3 Å². The molecule has 7 nitrogen and oxygen atoms in total. The van der Waals surface area contributed by atoms with Gasteiger partial charge in [0.05, 0.1) is 11.5 Å². The van der Waals surface area contributed by atoms with Gasteiger partial charge >= 0.3 is 0 Å². The third kappa shape index (κ3) is 5.71. The Kier molecular flexibility index (Phi) is 6.38. The molecule has 0 saturated carbocycles. The molecule has 1 N–H and O–H groups in total. The fourth-order valence-electron chi connectivity index (χ4n) is 3.39. The van der Waals surface area contributed by atoms with Gasteiger partial charge < -0.3 is 9.73 Å². The minimum absolute atomic E-state index is 0.0324. The number of rotatable bonds is 7. The molecule has 0 radical (unpaired) electrons. The van der Waals surface area contributed by atoms with Gasteiger partial charge in [-0.2, -0.15) is 0 Å². The molecule has 1 amide bonds. The van der Waals surface area contributed by atoms with E-state index in [0.717, 1.165) is 17.3 Å². The van der Waals surface area contributed by atoms with Crippen LogP contribution in [0.1, 0.15) is 23.1 Å². The number of sulfone groups is 1. The lowest BCUT2D eigenvalue weighted by Gasteiger charge is -2.15. The maximum absolute atomic E-state index is 13.1. The van der Waals surface area contributed by atoms with Crippen molar-refractivity contribution >= 4 is 33.2 Å². The van der Waals surface area contributed by atoms with E-state index < -0.39 is 15.1 Å². The van der Waals surface area contributed by atoms with Gasteiger partial charge in [0, 0.05) is 12.1 Å². The number of amides is 1. The zero-order chi connectivity index (χ0) is 21.8. The molecule has 1 aliphatic rings. The fourth-order valence-corrected chi connectivity index (χ4v) is 6.15. The molecule has 1 aromatic heterocycles. The predicted molar refractivity (Wildman–Crippen MR) is 115 cm³/mol. The highest BCUT2D eigenvalue weighted by Crippen LogP contribution is 2.36. The summed E-state index contributed by atoms with van der Waals surface area (Å²) in [4.78, 5) is 13.0. The average molecular weight is 462 g/mol. The summed E-state index contributed by atoms with van der Waals surface area (Å²) in [5.74, 6) is -0.0623. The Morgan fingerprint density at radius 3 is 2.58 bits per heavy atom. The van der Waals surface area contributed by atoms with Crippen molar-refractivity contribution < 1.29 is 22.0 Å². The molecule has 2 atom stereocenters. The minimum Gasteiger partial charge on any atom is -0.416 e. The van der Waals surface area contributed by atoms with E-state index in [1.54, 1.807) is 0 Å². The molecule has 1 fully saturated rings. The predicted octanol–water partition coefficient (Wildman–Crippen LogP) is 3.66. The Balaban J connectivity index is 1.48. The second-order valence-corrected chi connectivity index (χ2v) is 10.6. The smallest absolute Gasteiger partial charge is 0.277 e. The first-order valence-electron chi connectivity index (χ1n) is 9.69. The van der Waals surface area contributed by atoms with E-state index in [2.05, 4.69) is 15.5 Å². The van der Waals surface area contributed by atoms with Crippen molar-refractivity contribution in [1.82, 2.24) is 10.2 Å². The third-order valence-corrected chi connectivity index (χ3v) is 7.83. The Morgan fingerprint density at radius 1 is 1.16 bits per heavy atom. The van der Waals surface area contributed by atoms with Crippen LogP contribution in [0.5, 0.6) is 0 Å². The Labute approximate surface area is 183 Å². The quantitative estimate of drug-likeness (QED) is 0.536. The zero-order valence-corrected chi connectivity index (χ0v) is 18.0. The normalized spacial score (nSPS) is 18.5. The van der Waals surface area contributed by atoms with Gasteiger partial charge in [0.1, 0.15) is 11.1 Å². The largest absolute Gasteiger partial charge is 0.416 e. The lowest BCUT2D eigenvalue weighted by atomic mass is 10.1. The number of benzene rings is 2. The second-order valence-electron chi connectivity index (χ2n) is 7.34. The summed E-state index contributed by atoms with van der Waals surface area (Å²) < 4.78 is 42.1. The van der Waals surface area contributed by atoms with E-state index in [1.165, 1.54) is 24.3 Å². The first kappa shape index (κ1) is 21.5. The summed E-state index contributed by atoms with van der Waals surface area (Å²) in [7, 11) is -2.98. The molecule has 31 heavy (non-hydrogen) atoms. The lowest BCUT2D eigenvalue weighted by Crippen LogP contribution is -2.19. The van der Waals surface area contributed by atoms with Crippen LogP contribution < -0.4 is 5.32 Å². The van der Waals surface area contributed by atoms with Crippen LogP contribution in [0.15, 0.2) is 64.2 Å². The molecule has 1 saturated heterocycles. The van der Waals surface area contributed by atoms with Crippen LogP contribution >= 0.6 is 11.8 Å². The van der Waals surface area contributed by atoms with Gasteiger partial charge in [-0.3, -0.25) is 4.79 Å². The maximum Gasteiger partial charge on any atom is 0.277 e. The molecule has 0 aliphatic carbocycles. The number of thioether (sulfide) groups is 1. The van der Waals surface area contributed by atoms with Crippen LogP contribution in [0, 0.1) is 11.7 Å². The number of anilines is 1. The minimum atomic E-state index is -2.98.